The lowest BCUT2D eigenvalue weighted by Gasteiger charge is -2.13. The maximum atomic E-state index is 11.4. The Bertz CT molecular complexity index is 410. The number of pyridine rings is 1. The highest BCUT2D eigenvalue weighted by Gasteiger charge is 2.11. The molecule has 1 unspecified atom stereocenters. The van der Waals surface area contributed by atoms with Gasteiger partial charge in [-0.1, -0.05) is 0 Å². The second-order valence-electron chi connectivity index (χ2n) is 3.80. The molecule has 6 nitrogen and oxygen atoms in total. The van der Waals surface area contributed by atoms with E-state index in [1.54, 1.807) is 6.07 Å². The highest BCUT2D eigenvalue weighted by atomic mass is 16.5. The third kappa shape index (κ3) is 3.89. The Hall–Kier alpha value is -1.82. The molecule has 1 aromatic heterocycles. The molecule has 1 atom stereocenters. The van der Waals surface area contributed by atoms with Crippen molar-refractivity contribution >= 4 is 17.5 Å². The largest absolute Gasteiger partial charge is 0.465 e. The number of carbonyl (C=O) groups is 1. The molecular formula is C12H19N3O3. The molecule has 0 amide bonds. The van der Waals surface area contributed by atoms with E-state index in [0.717, 1.165) is 0 Å². The van der Waals surface area contributed by atoms with Crippen molar-refractivity contribution in [3.05, 3.63) is 17.8 Å². The van der Waals surface area contributed by atoms with Crippen molar-refractivity contribution in [2.24, 2.45) is 0 Å². The number of anilines is 2. The summed E-state index contributed by atoms with van der Waals surface area (Å²) in [6.07, 6.45) is 1.50. The molecule has 1 aromatic rings. The molecule has 1 rings (SSSR count). The van der Waals surface area contributed by atoms with Crippen LogP contribution in [0.2, 0.25) is 0 Å². The molecule has 0 bridgehead atoms. The van der Waals surface area contributed by atoms with Crippen LogP contribution in [0.1, 0.15) is 24.2 Å². The molecular weight excluding hydrogens is 234 g/mol. The topological polar surface area (TPSA) is 86.5 Å². The van der Waals surface area contributed by atoms with E-state index in [-0.39, 0.29) is 6.10 Å². The minimum atomic E-state index is -0.476. The van der Waals surface area contributed by atoms with E-state index in [1.807, 2.05) is 13.8 Å². The van der Waals surface area contributed by atoms with E-state index >= 15 is 0 Å². The third-order valence-corrected chi connectivity index (χ3v) is 2.36. The van der Waals surface area contributed by atoms with E-state index in [4.69, 9.17) is 10.5 Å². The van der Waals surface area contributed by atoms with Gasteiger partial charge in [0.15, 0.2) is 0 Å². The quantitative estimate of drug-likeness (QED) is 0.743. The maximum Gasteiger partial charge on any atom is 0.340 e. The van der Waals surface area contributed by atoms with Crippen LogP contribution in [-0.2, 0) is 9.47 Å². The molecule has 0 saturated carbocycles. The zero-order valence-electron chi connectivity index (χ0n) is 10.9. The molecule has 0 aromatic carbocycles. The van der Waals surface area contributed by atoms with Gasteiger partial charge in [0.25, 0.3) is 0 Å². The van der Waals surface area contributed by atoms with Crippen LogP contribution >= 0.6 is 0 Å². The Morgan fingerprint density at radius 2 is 2.33 bits per heavy atom. The number of rotatable bonds is 6. The summed E-state index contributed by atoms with van der Waals surface area (Å²) < 4.78 is 10.0. The van der Waals surface area contributed by atoms with Gasteiger partial charge in [-0.25, -0.2) is 9.78 Å². The number of methoxy groups -OCH3 is 1. The average molecular weight is 253 g/mol. The molecule has 1 heterocycles. The third-order valence-electron chi connectivity index (χ3n) is 2.36. The van der Waals surface area contributed by atoms with Crippen LogP contribution in [0.4, 0.5) is 11.5 Å². The van der Waals surface area contributed by atoms with Crippen LogP contribution < -0.4 is 11.1 Å². The Morgan fingerprint density at radius 3 is 2.94 bits per heavy atom. The number of nitrogen functional groups attached to an aromatic ring is 1. The highest BCUT2D eigenvalue weighted by molar-refractivity contribution is 5.95. The van der Waals surface area contributed by atoms with Crippen molar-refractivity contribution in [2.75, 3.05) is 31.3 Å². The molecule has 6 heteroatoms. The average Bonchev–Trinajstić information content (AvgIpc) is 2.37. The SMILES string of the molecule is CCOC(C)CNc1cc(C(=O)OC)c(N)cn1. The van der Waals surface area contributed by atoms with Gasteiger partial charge in [-0.2, -0.15) is 0 Å². The van der Waals surface area contributed by atoms with Gasteiger partial charge in [0.05, 0.1) is 30.7 Å². The van der Waals surface area contributed by atoms with E-state index in [0.29, 0.717) is 30.2 Å². The van der Waals surface area contributed by atoms with Gasteiger partial charge < -0.3 is 20.5 Å². The van der Waals surface area contributed by atoms with Gasteiger partial charge >= 0.3 is 5.97 Å². The second kappa shape index (κ2) is 6.80. The second-order valence-corrected chi connectivity index (χ2v) is 3.80. The Kier molecular flexibility index (Phi) is 5.38. The standard InChI is InChI=1S/C12H19N3O3/c1-4-18-8(2)6-14-11-5-9(12(16)17-3)10(13)7-15-11/h5,7-8H,4,6,13H2,1-3H3,(H,14,15). The number of esters is 1. The predicted octanol–water partition coefficient (Wildman–Crippen LogP) is 1.29. The zero-order valence-corrected chi connectivity index (χ0v) is 10.9. The number of carbonyl (C=O) groups excluding carboxylic acids is 1. The van der Waals surface area contributed by atoms with Gasteiger partial charge in [0.1, 0.15) is 5.82 Å². The first-order chi connectivity index (χ1) is 8.58. The van der Waals surface area contributed by atoms with Crippen molar-refractivity contribution in [1.29, 1.82) is 0 Å². The van der Waals surface area contributed by atoms with Gasteiger partial charge in [0, 0.05) is 13.2 Å². The normalized spacial score (nSPS) is 11.9. The van der Waals surface area contributed by atoms with E-state index in [1.165, 1.54) is 13.3 Å². The van der Waals surface area contributed by atoms with Crippen molar-refractivity contribution in [3.8, 4) is 0 Å². The number of aromatic nitrogens is 1. The van der Waals surface area contributed by atoms with Crippen molar-refractivity contribution < 1.29 is 14.3 Å². The number of hydrogen-bond acceptors (Lipinski definition) is 6. The molecule has 100 valence electrons. The van der Waals surface area contributed by atoms with E-state index in [2.05, 4.69) is 15.0 Å². The first kappa shape index (κ1) is 14.2. The summed E-state index contributed by atoms with van der Waals surface area (Å²) in [6, 6.07) is 1.57. The summed E-state index contributed by atoms with van der Waals surface area (Å²) in [5, 5.41) is 3.08. The number of hydrogen-bond donors (Lipinski definition) is 2. The fraction of sp³-hybridized carbons (Fsp3) is 0.500. The summed E-state index contributed by atoms with van der Waals surface area (Å²) in [7, 11) is 1.31. The lowest BCUT2D eigenvalue weighted by molar-refractivity contribution is 0.0602. The van der Waals surface area contributed by atoms with Crippen molar-refractivity contribution in [1.82, 2.24) is 4.98 Å². The number of ether oxygens (including phenoxy) is 2. The Balaban J connectivity index is 2.70. The molecule has 0 radical (unpaired) electrons. The Morgan fingerprint density at radius 1 is 1.61 bits per heavy atom. The smallest absolute Gasteiger partial charge is 0.340 e. The fourth-order valence-electron chi connectivity index (χ4n) is 1.44. The minimum absolute atomic E-state index is 0.0657. The Labute approximate surface area is 106 Å². The van der Waals surface area contributed by atoms with Crippen molar-refractivity contribution in [3.63, 3.8) is 0 Å². The van der Waals surface area contributed by atoms with Crippen LogP contribution in [0.25, 0.3) is 0 Å². The van der Waals surface area contributed by atoms with E-state index < -0.39 is 5.97 Å². The maximum absolute atomic E-state index is 11.4. The number of nitrogens with two attached hydrogens (primary N) is 1. The predicted molar refractivity (Wildman–Crippen MR) is 69.6 cm³/mol. The number of nitrogens with one attached hydrogen (secondary N) is 1. The molecule has 0 spiro atoms. The van der Waals surface area contributed by atoms with Crippen molar-refractivity contribution in [2.45, 2.75) is 20.0 Å². The lowest BCUT2D eigenvalue weighted by atomic mass is 10.2. The van der Waals surface area contributed by atoms with Gasteiger partial charge in [-0.15, -0.1) is 0 Å². The molecule has 0 saturated heterocycles. The zero-order chi connectivity index (χ0) is 13.5. The molecule has 0 aliphatic heterocycles. The van der Waals surface area contributed by atoms with Crippen LogP contribution in [-0.4, -0.2) is 37.3 Å². The molecule has 0 aliphatic carbocycles. The molecule has 3 N–H and O–H groups in total. The fourth-order valence-corrected chi connectivity index (χ4v) is 1.44. The van der Waals surface area contributed by atoms with Gasteiger partial charge in [-0.3, -0.25) is 0 Å². The molecule has 0 aliphatic rings. The van der Waals surface area contributed by atoms with Crippen LogP contribution in [0.3, 0.4) is 0 Å². The number of nitrogens with zero attached hydrogens (tertiary/aromatic N) is 1. The van der Waals surface area contributed by atoms with Crippen LogP contribution in [0.15, 0.2) is 12.3 Å². The molecule has 18 heavy (non-hydrogen) atoms. The first-order valence-electron chi connectivity index (χ1n) is 5.77. The monoisotopic (exact) mass is 253 g/mol. The first-order valence-corrected chi connectivity index (χ1v) is 5.77. The summed E-state index contributed by atoms with van der Waals surface area (Å²) in [5.41, 5.74) is 6.26. The molecule has 0 fully saturated rings. The summed E-state index contributed by atoms with van der Waals surface area (Å²) >= 11 is 0. The highest BCUT2D eigenvalue weighted by Crippen LogP contribution is 2.15. The van der Waals surface area contributed by atoms with Crippen LogP contribution in [0, 0.1) is 0 Å². The minimum Gasteiger partial charge on any atom is -0.465 e. The van der Waals surface area contributed by atoms with Gasteiger partial charge in [-0.05, 0) is 19.9 Å². The van der Waals surface area contributed by atoms with Crippen LogP contribution in [0.5, 0.6) is 0 Å². The summed E-state index contributed by atoms with van der Waals surface area (Å²) in [4.78, 5) is 15.5. The summed E-state index contributed by atoms with van der Waals surface area (Å²) in [6.45, 7) is 5.15. The lowest BCUT2D eigenvalue weighted by Crippen LogP contribution is -2.20. The summed E-state index contributed by atoms with van der Waals surface area (Å²) in [5.74, 6) is 0.0898. The van der Waals surface area contributed by atoms with Gasteiger partial charge in [0.2, 0.25) is 0 Å². The van der Waals surface area contributed by atoms with E-state index in [9.17, 15) is 4.79 Å².